The number of hydrogen-bond donors (Lipinski definition) is 1. The molecule has 0 bridgehead atoms. The first-order chi connectivity index (χ1) is 10.2. The predicted octanol–water partition coefficient (Wildman–Crippen LogP) is 3.64. The van der Waals surface area contributed by atoms with Gasteiger partial charge in [-0.2, -0.15) is 0 Å². The van der Waals surface area contributed by atoms with Crippen LogP contribution in [0, 0.1) is 0 Å². The van der Waals surface area contributed by atoms with E-state index in [4.69, 9.17) is 16.3 Å². The number of ether oxygens (including phenoxy) is 1. The number of halogens is 1. The zero-order valence-electron chi connectivity index (χ0n) is 13.4. The maximum absolute atomic E-state index is 12.4. The van der Waals surface area contributed by atoms with Crippen LogP contribution in [0.1, 0.15) is 39.2 Å². The second-order valence-corrected chi connectivity index (χ2v) is 7.27. The second kappa shape index (κ2) is 6.88. The molecule has 0 aromatic heterocycles. The lowest BCUT2D eigenvalue weighted by molar-refractivity contribution is -0.00767. The molecule has 2 rings (SSSR count). The summed E-state index contributed by atoms with van der Waals surface area (Å²) in [6.45, 7) is 6.10. The number of aliphatic hydroxyl groups is 1. The van der Waals surface area contributed by atoms with E-state index in [0.29, 0.717) is 30.8 Å². The van der Waals surface area contributed by atoms with Gasteiger partial charge in [-0.1, -0.05) is 23.7 Å². The molecule has 1 fully saturated rings. The number of carbonyl (C=O) groups is 1. The third kappa shape index (κ3) is 4.89. The van der Waals surface area contributed by atoms with Gasteiger partial charge in [0.1, 0.15) is 5.60 Å². The summed E-state index contributed by atoms with van der Waals surface area (Å²) in [6, 6.07) is 7.54. The summed E-state index contributed by atoms with van der Waals surface area (Å²) in [6.07, 6.45) is 1.18. The highest BCUT2D eigenvalue weighted by Crippen LogP contribution is 2.24. The fraction of sp³-hybridized carbons (Fsp3) is 0.588. The van der Waals surface area contributed by atoms with Gasteiger partial charge < -0.3 is 14.7 Å². The molecule has 4 nitrogen and oxygen atoms in total. The Morgan fingerprint density at radius 2 is 2.00 bits per heavy atom. The van der Waals surface area contributed by atoms with E-state index < -0.39 is 5.60 Å². The summed E-state index contributed by atoms with van der Waals surface area (Å²) < 4.78 is 5.48. The number of likely N-dealkylation sites (tertiary alicyclic amines) is 1. The molecule has 5 heteroatoms. The van der Waals surface area contributed by atoms with Crippen LogP contribution in [-0.2, 0) is 11.2 Å². The number of nitrogens with zero attached hydrogens (tertiary/aromatic N) is 1. The first-order valence-electron chi connectivity index (χ1n) is 7.67. The number of hydrogen-bond acceptors (Lipinski definition) is 3. The van der Waals surface area contributed by atoms with Gasteiger partial charge in [-0.05, 0) is 57.7 Å². The Bertz CT molecular complexity index is 510. The number of piperidine rings is 1. The molecule has 1 aliphatic heterocycles. The van der Waals surface area contributed by atoms with Crippen LogP contribution in [0.25, 0.3) is 0 Å². The van der Waals surface area contributed by atoms with Gasteiger partial charge in [0.05, 0.1) is 6.10 Å². The van der Waals surface area contributed by atoms with Gasteiger partial charge in [-0.3, -0.25) is 0 Å². The summed E-state index contributed by atoms with van der Waals surface area (Å²) in [5, 5.41) is 10.6. The van der Waals surface area contributed by atoms with E-state index in [1.165, 1.54) is 0 Å². The topological polar surface area (TPSA) is 49.8 Å². The summed E-state index contributed by atoms with van der Waals surface area (Å²) in [4.78, 5) is 14.1. The van der Waals surface area contributed by atoms with Gasteiger partial charge in [0, 0.05) is 17.6 Å². The first-order valence-corrected chi connectivity index (χ1v) is 8.04. The fourth-order valence-electron chi connectivity index (χ4n) is 2.68. The third-order valence-corrected chi connectivity index (χ3v) is 3.95. The van der Waals surface area contributed by atoms with Gasteiger partial charge in [-0.15, -0.1) is 0 Å². The van der Waals surface area contributed by atoms with Gasteiger partial charge in [0.15, 0.2) is 0 Å². The van der Waals surface area contributed by atoms with Crippen molar-refractivity contribution in [3.8, 4) is 0 Å². The van der Waals surface area contributed by atoms with Crippen molar-refractivity contribution in [2.24, 2.45) is 0 Å². The minimum Gasteiger partial charge on any atom is -0.444 e. The molecule has 2 atom stereocenters. The molecule has 0 saturated carbocycles. The van der Waals surface area contributed by atoms with Crippen molar-refractivity contribution in [2.75, 3.05) is 6.54 Å². The van der Waals surface area contributed by atoms with Crippen molar-refractivity contribution in [2.45, 2.75) is 57.8 Å². The Morgan fingerprint density at radius 1 is 1.36 bits per heavy atom. The lowest BCUT2D eigenvalue weighted by atomic mass is 9.94. The maximum Gasteiger partial charge on any atom is 0.410 e. The third-order valence-electron chi connectivity index (χ3n) is 3.70. The number of carbonyl (C=O) groups excluding carboxylic acids is 1. The lowest BCUT2D eigenvalue weighted by Gasteiger charge is -2.38. The zero-order chi connectivity index (χ0) is 16.3. The van der Waals surface area contributed by atoms with Crippen molar-refractivity contribution in [3.63, 3.8) is 0 Å². The molecule has 1 N–H and O–H groups in total. The molecule has 22 heavy (non-hydrogen) atoms. The van der Waals surface area contributed by atoms with E-state index in [0.717, 1.165) is 5.56 Å². The smallest absolute Gasteiger partial charge is 0.410 e. The Kier molecular flexibility index (Phi) is 5.35. The highest BCUT2D eigenvalue weighted by molar-refractivity contribution is 6.30. The van der Waals surface area contributed by atoms with E-state index >= 15 is 0 Å². The van der Waals surface area contributed by atoms with Crippen molar-refractivity contribution >= 4 is 17.7 Å². The molecule has 0 spiro atoms. The minimum absolute atomic E-state index is 0.0558. The molecule has 1 saturated heterocycles. The first kappa shape index (κ1) is 17.1. The maximum atomic E-state index is 12.4. The predicted molar refractivity (Wildman–Crippen MR) is 87.1 cm³/mol. The van der Waals surface area contributed by atoms with E-state index in [9.17, 15) is 9.90 Å². The number of benzene rings is 1. The fourth-order valence-corrected chi connectivity index (χ4v) is 2.80. The van der Waals surface area contributed by atoms with Gasteiger partial charge in [-0.25, -0.2) is 4.79 Å². The summed E-state index contributed by atoms with van der Waals surface area (Å²) in [5.74, 6) is 0. The number of rotatable bonds is 2. The largest absolute Gasteiger partial charge is 0.444 e. The van der Waals surface area contributed by atoms with Gasteiger partial charge in [0.2, 0.25) is 0 Å². The van der Waals surface area contributed by atoms with E-state index in [1.807, 2.05) is 45.0 Å². The highest BCUT2D eigenvalue weighted by atomic mass is 35.5. The molecule has 1 heterocycles. The van der Waals surface area contributed by atoms with Gasteiger partial charge >= 0.3 is 6.09 Å². The van der Waals surface area contributed by atoms with Crippen LogP contribution in [0.3, 0.4) is 0 Å². The monoisotopic (exact) mass is 325 g/mol. The molecule has 1 aliphatic rings. The standard InChI is InChI=1S/C17H24ClNO3/c1-17(2,3)22-16(21)19-9-8-15(20)11-14(19)10-12-4-6-13(18)7-5-12/h4-7,14-15,20H,8-11H2,1-3H3/t14?,15-/m0/s1. The molecule has 1 aromatic carbocycles. The normalized spacial score (nSPS) is 22.5. The minimum atomic E-state index is -0.516. The number of amides is 1. The molecular weight excluding hydrogens is 302 g/mol. The van der Waals surface area contributed by atoms with Crippen LogP contribution >= 0.6 is 11.6 Å². The second-order valence-electron chi connectivity index (χ2n) is 6.84. The molecule has 0 radical (unpaired) electrons. The summed E-state index contributed by atoms with van der Waals surface area (Å²) in [5.41, 5.74) is 0.579. The van der Waals surface area contributed by atoms with Crippen molar-refractivity contribution < 1.29 is 14.6 Å². The van der Waals surface area contributed by atoms with E-state index in [-0.39, 0.29) is 18.2 Å². The van der Waals surface area contributed by atoms with Crippen LogP contribution in [0.4, 0.5) is 4.79 Å². The average molecular weight is 326 g/mol. The van der Waals surface area contributed by atoms with Crippen LogP contribution in [-0.4, -0.2) is 40.4 Å². The Hall–Kier alpha value is -1.26. The van der Waals surface area contributed by atoms with Crippen LogP contribution in [0.15, 0.2) is 24.3 Å². The Balaban J connectivity index is 2.09. The summed E-state index contributed by atoms with van der Waals surface area (Å²) >= 11 is 5.90. The zero-order valence-corrected chi connectivity index (χ0v) is 14.1. The van der Waals surface area contributed by atoms with Crippen LogP contribution in [0.2, 0.25) is 5.02 Å². The van der Waals surface area contributed by atoms with Crippen molar-refractivity contribution in [1.82, 2.24) is 4.90 Å². The number of aliphatic hydroxyl groups excluding tert-OH is 1. The van der Waals surface area contributed by atoms with Crippen LogP contribution in [0.5, 0.6) is 0 Å². The van der Waals surface area contributed by atoms with E-state index in [2.05, 4.69) is 0 Å². The SMILES string of the molecule is CC(C)(C)OC(=O)N1CC[C@H](O)CC1Cc1ccc(Cl)cc1. The molecule has 1 unspecified atom stereocenters. The van der Waals surface area contributed by atoms with Gasteiger partial charge in [0.25, 0.3) is 0 Å². The average Bonchev–Trinajstić information content (AvgIpc) is 2.39. The Morgan fingerprint density at radius 3 is 2.59 bits per heavy atom. The highest BCUT2D eigenvalue weighted by Gasteiger charge is 2.33. The molecular formula is C17H24ClNO3. The lowest BCUT2D eigenvalue weighted by Crippen LogP contribution is -2.50. The molecule has 1 amide bonds. The Labute approximate surface area is 137 Å². The van der Waals surface area contributed by atoms with Crippen molar-refractivity contribution in [1.29, 1.82) is 0 Å². The summed E-state index contributed by atoms with van der Waals surface area (Å²) in [7, 11) is 0. The quantitative estimate of drug-likeness (QED) is 0.903. The molecule has 1 aromatic rings. The molecule has 122 valence electrons. The molecule has 0 aliphatic carbocycles. The van der Waals surface area contributed by atoms with E-state index in [1.54, 1.807) is 4.90 Å². The van der Waals surface area contributed by atoms with Crippen LogP contribution < -0.4 is 0 Å². The van der Waals surface area contributed by atoms with Crippen molar-refractivity contribution in [3.05, 3.63) is 34.9 Å².